The van der Waals surface area contributed by atoms with Crippen LogP contribution in [0.1, 0.15) is 113 Å². The van der Waals surface area contributed by atoms with Gasteiger partial charge in [0.1, 0.15) is 11.6 Å². The van der Waals surface area contributed by atoms with Gasteiger partial charge in [-0.3, -0.25) is 15.0 Å². The summed E-state index contributed by atoms with van der Waals surface area (Å²) in [5, 5.41) is 9.90. The molecule has 121 heavy (non-hydrogen) atoms. The average molecular weight is 1570 g/mol. The molecule has 6 aliphatic rings. The van der Waals surface area contributed by atoms with Crippen LogP contribution in [0.4, 0.5) is 14.5 Å². The highest BCUT2D eigenvalue weighted by Crippen LogP contribution is 2.70. The van der Waals surface area contributed by atoms with E-state index in [9.17, 15) is 8.78 Å². The Morgan fingerprint density at radius 2 is 1.01 bits per heavy atom. The zero-order valence-electron chi connectivity index (χ0n) is 68.1. The zero-order valence-corrected chi connectivity index (χ0v) is 68.1. The molecule has 4 bridgehead atoms. The molecule has 19 aromatic rings. The number of nitrogens with zero attached hydrogens (tertiary/aromatic N) is 9. The average Bonchev–Trinajstić information content (AvgIpc) is 1.59. The molecule has 4 fully saturated rings. The van der Waals surface area contributed by atoms with Gasteiger partial charge in [0.15, 0.2) is 23.2 Å². The fourth-order valence-corrected chi connectivity index (χ4v) is 23.2. The zero-order chi connectivity index (χ0) is 81.3. The lowest BCUT2D eigenvalue weighted by Gasteiger charge is -2.61. The highest BCUT2D eigenvalue weighted by Gasteiger charge is 2.61. The third-order valence-electron chi connectivity index (χ3n) is 28.7. The molecule has 4 saturated carbocycles. The highest BCUT2D eigenvalue weighted by atomic mass is 19.1. The minimum atomic E-state index is -0.436. The number of benzene rings is 13. The van der Waals surface area contributed by atoms with Crippen molar-refractivity contribution in [2.24, 2.45) is 29.6 Å². The van der Waals surface area contributed by atoms with Crippen LogP contribution in [0.25, 0.3) is 182 Å². The highest BCUT2D eigenvalue weighted by molar-refractivity contribution is 6.22. The molecule has 9 nitrogen and oxygen atoms in total. The second-order valence-corrected chi connectivity index (χ2v) is 35.4. The van der Waals surface area contributed by atoms with Crippen molar-refractivity contribution in [3.63, 3.8) is 0 Å². The molecule has 0 saturated heterocycles. The molecular weight excluding hydrogens is 1490 g/mol. The van der Waals surface area contributed by atoms with Gasteiger partial charge in [-0.1, -0.05) is 223 Å². The van der Waals surface area contributed by atoms with Gasteiger partial charge in [0.2, 0.25) is 0 Å². The van der Waals surface area contributed by atoms with E-state index in [0.29, 0.717) is 68.6 Å². The van der Waals surface area contributed by atoms with Crippen molar-refractivity contribution >= 4 is 92.6 Å². The molecule has 0 amide bonds. The number of aryl methyl sites for hydroxylation is 1. The van der Waals surface area contributed by atoms with Gasteiger partial charge in [0.25, 0.3) is 0 Å². The van der Waals surface area contributed by atoms with E-state index in [-0.39, 0.29) is 10.8 Å². The second kappa shape index (κ2) is 28.0. The fraction of sp³-hybridized carbons (Fsp3) is 0.191. The Bertz CT molecular complexity index is 7570. The number of hydrogen-bond acceptors (Lipinski definition) is 6. The summed E-state index contributed by atoms with van der Waals surface area (Å²) in [6, 6.07) is 95.2. The molecule has 25 rings (SSSR count). The first-order chi connectivity index (χ1) is 59.2. The summed E-state index contributed by atoms with van der Waals surface area (Å²) in [5.74, 6) is 5.11. The smallest absolute Gasteiger partial charge is 0.194 e. The summed E-state index contributed by atoms with van der Waals surface area (Å²) >= 11 is 0. The third kappa shape index (κ3) is 11.3. The lowest BCUT2D eigenvalue weighted by Crippen LogP contribution is -2.55. The molecule has 6 aromatic heterocycles. The van der Waals surface area contributed by atoms with E-state index in [1.165, 1.54) is 119 Å². The number of pyridine rings is 3. The van der Waals surface area contributed by atoms with Crippen LogP contribution in [-0.2, 0) is 17.3 Å². The van der Waals surface area contributed by atoms with Gasteiger partial charge < -0.3 is 9.13 Å². The number of fused-ring (bicyclic) bond motifs is 17. The molecule has 13 aromatic carbocycles. The molecule has 1 spiro atoms. The summed E-state index contributed by atoms with van der Waals surface area (Å²) in [6.07, 6.45) is 16.5. The van der Waals surface area contributed by atoms with Crippen molar-refractivity contribution < 1.29 is 8.78 Å². The van der Waals surface area contributed by atoms with Crippen LogP contribution in [0.15, 0.2) is 292 Å². The topological polar surface area (TPSA) is 91.6 Å². The van der Waals surface area contributed by atoms with Gasteiger partial charge in [0.05, 0.1) is 57.8 Å². The Labute approximate surface area is 701 Å². The monoisotopic (exact) mass is 1570 g/mol. The molecule has 1 atom stereocenters. The van der Waals surface area contributed by atoms with Crippen molar-refractivity contribution in [3.05, 3.63) is 343 Å². The number of hydrogen-bond donors (Lipinski definition) is 0. The minimum absolute atomic E-state index is 0.0787. The van der Waals surface area contributed by atoms with Crippen molar-refractivity contribution in [2.45, 2.75) is 103 Å². The Morgan fingerprint density at radius 1 is 0.430 bits per heavy atom. The SMILES string of the molecule is CCC1(C(C)C)CCc2cc(-c3ccc4c5ccc6ccccc6c5n(-c5cc6cc(F)cnc6c6ncc(F)cc56)c4c3)ccc21.[C-]#[N+]c1cccc2c1ccc1c3cc(-c4ccc5c(c4)-c4cc(-c6ccncc6)ccc4C54C5CC6CC(C5)CC4C6)ccc3n(-c3cccc(-c4nc(-c5ccccc5)nc(-c5cccc(C(C)C)c5)n4)c3)c21. The lowest BCUT2D eigenvalue weighted by atomic mass is 9.43. The van der Waals surface area contributed by atoms with E-state index in [4.69, 9.17) is 21.5 Å². The number of aromatic nitrogens is 8. The third-order valence-corrected chi connectivity index (χ3v) is 28.7. The molecule has 0 N–H and O–H groups in total. The maximum atomic E-state index is 15.0. The molecule has 6 heterocycles. The first kappa shape index (κ1) is 72.5. The summed E-state index contributed by atoms with van der Waals surface area (Å²) in [6.45, 7) is 19.6. The Morgan fingerprint density at radius 3 is 1.74 bits per heavy atom. The van der Waals surface area contributed by atoms with Gasteiger partial charge in [-0.25, -0.2) is 28.6 Å². The summed E-state index contributed by atoms with van der Waals surface area (Å²) in [7, 11) is 0. The number of rotatable bonds is 11. The summed E-state index contributed by atoms with van der Waals surface area (Å²) < 4.78 is 34.2. The van der Waals surface area contributed by atoms with Crippen LogP contribution < -0.4 is 0 Å². The van der Waals surface area contributed by atoms with Crippen molar-refractivity contribution in [1.29, 1.82) is 0 Å². The normalized spacial score (nSPS) is 18.7. The second-order valence-electron chi connectivity index (χ2n) is 35.4. The van der Waals surface area contributed by atoms with Crippen molar-refractivity contribution in [2.75, 3.05) is 0 Å². The minimum Gasteiger partial charge on any atom is -0.309 e. The van der Waals surface area contributed by atoms with Crippen LogP contribution in [0.2, 0.25) is 0 Å². The maximum Gasteiger partial charge on any atom is 0.194 e. The van der Waals surface area contributed by atoms with Gasteiger partial charge in [-0.2, -0.15) is 0 Å². The van der Waals surface area contributed by atoms with E-state index >= 15 is 0 Å². The van der Waals surface area contributed by atoms with Crippen LogP contribution in [0.5, 0.6) is 0 Å². The largest absolute Gasteiger partial charge is 0.309 e. The molecular formula is C110H85F2N9. The molecule has 0 radical (unpaired) electrons. The van der Waals surface area contributed by atoms with Crippen LogP contribution in [-0.4, -0.2) is 39.0 Å². The standard InChI is InChI=1S/C68H52N6.C42H33F2N3/c1-40(2)45-12-7-13-49(35-45)66-71-65(44-10-5-4-6-11-44)72-67(73-66)50-14-8-15-53(36-50)74-63-25-20-48(39-59(63)56-22-21-54-55(64(56)74)16-9-17-62(54)69-3)47-19-24-61-58(38-47)57-37-46(43-26-28-70-29-27-43)18-23-60(57)68(61)51-31-41-30-42(33-51)34-52(68)32-41;1-4-42(24(2)3)16-15-28-17-26(11-14-36(28)42)27-10-12-33-34-13-9-25-7-5-6-8-32(25)41(34)47(37(33)19-27)38-20-29-18-30(43)22-45-39(29)40-35(38)21-31(44)23-46-40/h4-29,35-42,51-52H,30-34H2,1-2H3;5-14,17-24H,4,15-16H2,1-3H3. The van der Waals surface area contributed by atoms with Gasteiger partial charge in [-0.05, 0) is 260 Å². The number of halogens is 2. The van der Waals surface area contributed by atoms with E-state index in [2.05, 4.69) is 270 Å². The predicted molar refractivity (Wildman–Crippen MR) is 490 cm³/mol. The lowest BCUT2D eigenvalue weighted by molar-refractivity contribution is -0.0399. The molecule has 584 valence electrons. The van der Waals surface area contributed by atoms with Crippen molar-refractivity contribution in [1.82, 2.24) is 39.0 Å². The van der Waals surface area contributed by atoms with Gasteiger partial charge in [0, 0.05) is 77.9 Å². The molecule has 6 aliphatic carbocycles. The summed E-state index contributed by atoms with van der Waals surface area (Å²) in [5.41, 5.74) is 28.0. The predicted octanol–water partition coefficient (Wildman–Crippen LogP) is 28.5. The van der Waals surface area contributed by atoms with Crippen molar-refractivity contribution in [3.8, 4) is 90.0 Å². The fourth-order valence-electron chi connectivity index (χ4n) is 23.2. The Balaban J connectivity index is 0.000000156. The Kier molecular flexibility index (Phi) is 16.8. The molecule has 11 heteroatoms. The first-order valence-electron chi connectivity index (χ1n) is 43.0. The van der Waals surface area contributed by atoms with Gasteiger partial charge >= 0.3 is 0 Å². The van der Waals surface area contributed by atoms with Gasteiger partial charge in [-0.15, -0.1) is 0 Å². The molecule has 1 unspecified atom stereocenters. The maximum absolute atomic E-state index is 15.0. The van der Waals surface area contributed by atoms with E-state index in [1.807, 2.05) is 60.9 Å². The van der Waals surface area contributed by atoms with Crippen LogP contribution in [0, 0.1) is 47.8 Å². The van der Waals surface area contributed by atoms with E-state index in [0.717, 1.165) is 123 Å². The quantitative estimate of drug-likeness (QED) is 0.0946. The Hall–Kier alpha value is -13.7. The molecule has 0 aliphatic heterocycles. The first-order valence-corrected chi connectivity index (χ1v) is 43.0. The van der Waals surface area contributed by atoms with E-state index < -0.39 is 11.6 Å². The van der Waals surface area contributed by atoms with Crippen LogP contribution >= 0.6 is 0 Å². The van der Waals surface area contributed by atoms with E-state index in [1.54, 1.807) is 11.1 Å². The van der Waals surface area contributed by atoms with Crippen LogP contribution in [0.3, 0.4) is 0 Å². The summed E-state index contributed by atoms with van der Waals surface area (Å²) in [4.78, 5) is 32.6.